The van der Waals surface area contributed by atoms with E-state index >= 15 is 0 Å². The lowest BCUT2D eigenvalue weighted by molar-refractivity contribution is -0.163. The van der Waals surface area contributed by atoms with Crippen LogP contribution in [0, 0.1) is 17.6 Å². The Morgan fingerprint density at radius 2 is 1.52 bits per heavy atom. The zero-order chi connectivity index (χ0) is 43.7. The number of nitrogens with zero attached hydrogens (tertiary/aromatic N) is 4. The van der Waals surface area contributed by atoms with Gasteiger partial charge < -0.3 is 40.0 Å². The van der Waals surface area contributed by atoms with Crippen molar-refractivity contribution in [3.8, 4) is 0 Å². The Kier molecular flexibility index (Phi) is 12.8. The van der Waals surface area contributed by atoms with Crippen LogP contribution in [0.1, 0.15) is 70.4 Å². The van der Waals surface area contributed by atoms with Gasteiger partial charge in [0, 0.05) is 50.9 Å². The van der Waals surface area contributed by atoms with Gasteiger partial charge in [0.05, 0.1) is 6.42 Å². The van der Waals surface area contributed by atoms with Gasteiger partial charge in [-0.3, -0.25) is 28.8 Å². The number of carbonyl (C=O) groups excluding carboxylic acids is 7. The number of esters is 1. The summed E-state index contributed by atoms with van der Waals surface area (Å²) in [6.07, 6.45) is 2.60. The number of ether oxygens (including phenoxy) is 1. The summed E-state index contributed by atoms with van der Waals surface area (Å²) in [5.41, 5.74) is 1.56. The zero-order valence-corrected chi connectivity index (χ0v) is 34.8. The number of cyclic esters (lactones) is 1. The molecule has 3 N–H and O–H groups in total. The molecule has 1 aromatic heterocycles. The highest BCUT2D eigenvalue weighted by Crippen LogP contribution is 2.29. The number of rotatable bonds is 7. The van der Waals surface area contributed by atoms with Crippen molar-refractivity contribution in [2.45, 2.75) is 114 Å². The van der Waals surface area contributed by atoms with Gasteiger partial charge in [-0.1, -0.05) is 19.1 Å². The topological polar surface area (TPSA) is 179 Å². The average molecular weight is 846 g/mol. The van der Waals surface area contributed by atoms with E-state index in [-0.39, 0.29) is 56.8 Å². The maximum absolute atomic E-state index is 14.8. The first kappa shape index (κ1) is 43.2. The van der Waals surface area contributed by atoms with E-state index in [2.05, 4.69) is 16.0 Å². The van der Waals surface area contributed by atoms with Crippen LogP contribution in [-0.4, -0.2) is 123 Å². The monoisotopic (exact) mass is 845 g/mol. The van der Waals surface area contributed by atoms with Crippen molar-refractivity contribution in [3.05, 3.63) is 71.4 Å². The number of hydrogen-bond donors (Lipinski definition) is 3. The molecular weight excluding hydrogens is 793 g/mol. The number of halogens is 2. The van der Waals surface area contributed by atoms with Crippen LogP contribution < -0.4 is 16.0 Å². The first-order valence-corrected chi connectivity index (χ1v) is 21.1. The van der Waals surface area contributed by atoms with Gasteiger partial charge in [-0.05, 0) is 99.1 Å². The standard InChI is InChI=1S/C44H53F2N7O8/c1-24-16-36-44(60)61-26(3)38(43(59)52-14-7-9-34(52)42(58)51-13-6-5-8-33(51)40(56)47-25(2)41(57)53(36)23-24)49-39(55)32(19-28-17-30(45)22-31(46)18-28)48-37(54)21-27-10-11-29-12-15-50(4)35(29)20-27/h10-12,15,17-18,20,22,24-26,32-34,36,38H,5-9,13-14,16,19,21,23H2,1-4H3,(H,47,56)(H,48,54)(H,49,55)/t24-,25-,26-,32-,33-,34-,36-,38-/m0/s1. The Labute approximate surface area is 352 Å². The van der Waals surface area contributed by atoms with Crippen molar-refractivity contribution in [1.29, 1.82) is 0 Å². The predicted octanol–water partition coefficient (Wildman–Crippen LogP) is 2.27. The van der Waals surface area contributed by atoms with Crippen LogP contribution in [0.25, 0.3) is 10.9 Å². The predicted molar refractivity (Wildman–Crippen MR) is 217 cm³/mol. The van der Waals surface area contributed by atoms with E-state index in [1.807, 2.05) is 42.9 Å². The Balaban J connectivity index is 1.21. The van der Waals surface area contributed by atoms with E-state index < -0.39 is 95.4 Å². The zero-order valence-electron chi connectivity index (χ0n) is 34.8. The number of aryl methyl sites for hydroxylation is 1. The summed E-state index contributed by atoms with van der Waals surface area (Å²) in [6.45, 7) is 5.41. The van der Waals surface area contributed by atoms with E-state index in [4.69, 9.17) is 4.74 Å². The van der Waals surface area contributed by atoms with Crippen LogP contribution >= 0.6 is 0 Å². The summed E-state index contributed by atoms with van der Waals surface area (Å²) in [4.78, 5) is 103. The molecule has 4 aliphatic rings. The average Bonchev–Trinajstić information content (AvgIpc) is 3.96. The molecule has 0 bridgehead atoms. The second kappa shape index (κ2) is 18.0. The van der Waals surface area contributed by atoms with E-state index in [0.29, 0.717) is 37.3 Å². The quantitative estimate of drug-likeness (QED) is 0.303. The lowest BCUT2D eigenvalue weighted by Crippen LogP contribution is -2.63. The molecule has 2 aromatic carbocycles. The number of piperidine rings is 1. The molecule has 0 aliphatic carbocycles. The summed E-state index contributed by atoms with van der Waals surface area (Å²) in [7, 11) is 1.87. The Morgan fingerprint density at radius 1 is 0.820 bits per heavy atom. The fourth-order valence-corrected chi connectivity index (χ4v) is 9.24. The highest BCUT2D eigenvalue weighted by molar-refractivity contribution is 5.98. The van der Waals surface area contributed by atoms with Crippen LogP contribution in [0.2, 0.25) is 0 Å². The Hall–Kier alpha value is -5.87. The molecule has 0 unspecified atom stereocenters. The van der Waals surface area contributed by atoms with E-state index in [1.165, 1.54) is 28.5 Å². The minimum absolute atomic E-state index is 0.0478. The minimum atomic E-state index is -1.61. The molecule has 4 saturated heterocycles. The highest BCUT2D eigenvalue weighted by atomic mass is 19.1. The molecule has 326 valence electrons. The molecular formula is C44H53F2N7O8. The van der Waals surface area contributed by atoms with Crippen LogP contribution in [0.5, 0.6) is 0 Å². The van der Waals surface area contributed by atoms with Crippen LogP contribution in [0.3, 0.4) is 0 Å². The second-order valence-electron chi connectivity index (χ2n) is 17.0. The normalized spacial score (nSPS) is 27.0. The van der Waals surface area contributed by atoms with Crippen molar-refractivity contribution >= 4 is 52.3 Å². The first-order chi connectivity index (χ1) is 29.1. The maximum atomic E-state index is 14.8. The molecule has 0 saturated carbocycles. The van der Waals surface area contributed by atoms with Crippen molar-refractivity contribution in [1.82, 2.24) is 35.2 Å². The lowest BCUT2D eigenvalue weighted by Gasteiger charge is -2.39. The van der Waals surface area contributed by atoms with Gasteiger partial charge in [0.25, 0.3) is 0 Å². The number of amides is 6. The Bertz CT molecular complexity index is 2210. The number of fused-ring (bicyclic) bond motifs is 4. The van der Waals surface area contributed by atoms with Crippen molar-refractivity contribution in [2.75, 3.05) is 19.6 Å². The minimum Gasteiger partial charge on any atom is -0.458 e. The molecule has 4 aliphatic heterocycles. The maximum Gasteiger partial charge on any atom is 0.329 e. The summed E-state index contributed by atoms with van der Waals surface area (Å²) in [5.74, 6) is -6.44. The number of carbonyl (C=O) groups is 7. The molecule has 3 aromatic rings. The van der Waals surface area contributed by atoms with Crippen molar-refractivity contribution in [3.63, 3.8) is 0 Å². The summed E-state index contributed by atoms with van der Waals surface area (Å²) >= 11 is 0. The third-order valence-electron chi connectivity index (χ3n) is 12.4. The number of hydrogen-bond acceptors (Lipinski definition) is 8. The lowest BCUT2D eigenvalue weighted by atomic mass is 9.99. The number of benzene rings is 2. The molecule has 15 nitrogen and oxygen atoms in total. The summed E-state index contributed by atoms with van der Waals surface area (Å²) in [5, 5.41) is 9.10. The molecule has 61 heavy (non-hydrogen) atoms. The molecule has 5 heterocycles. The molecule has 4 fully saturated rings. The highest BCUT2D eigenvalue weighted by Gasteiger charge is 2.47. The summed E-state index contributed by atoms with van der Waals surface area (Å²) in [6, 6.07) is 3.10. The fraction of sp³-hybridized carbons (Fsp3) is 0.523. The molecule has 6 amide bonds. The van der Waals surface area contributed by atoms with Crippen LogP contribution in [0.4, 0.5) is 8.78 Å². The number of aromatic nitrogens is 1. The molecule has 17 heteroatoms. The van der Waals surface area contributed by atoms with E-state index in [9.17, 15) is 42.3 Å². The van der Waals surface area contributed by atoms with Gasteiger partial charge in [-0.25, -0.2) is 13.6 Å². The van der Waals surface area contributed by atoms with Gasteiger partial charge in [-0.2, -0.15) is 0 Å². The first-order valence-electron chi connectivity index (χ1n) is 21.1. The van der Waals surface area contributed by atoms with Crippen LogP contribution in [-0.2, 0) is 58.2 Å². The smallest absolute Gasteiger partial charge is 0.329 e. The van der Waals surface area contributed by atoms with Gasteiger partial charge in [0.15, 0.2) is 0 Å². The third kappa shape index (κ3) is 9.39. The largest absolute Gasteiger partial charge is 0.458 e. The molecule has 0 spiro atoms. The Morgan fingerprint density at radius 3 is 2.28 bits per heavy atom. The molecule has 8 atom stereocenters. The van der Waals surface area contributed by atoms with E-state index in [1.54, 1.807) is 6.07 Å². The summed E-state index contributed by atoms with van der Waals surface area (Å²) < 4.78 is 36.7. The van der Waals surface area contributed by atoms with Crippen molar-refractivity contribution < 1.29 is 47.1 Å². The van der Waals surface area contributed by atoms with Gasteiger partial charge in [0.2, 0.25) is 35.4 Å². The van der Waals surface area contributed by atoms with E-state index in [0.717, 1.165) is 23.0 Å². The van der Waals surface area contributed by atoms with Crippen molar-refractivity contribution in [2.24, 2.45) is 13.0 Å². The molecule has 7 rings (SSSR count). The van der Waals surface area contributed by atoms with Gasteiger partial charge in [0.1, 0.15) is 54.0 Å². The fourth-order valence-electron chi connectivity index (χ4n) is 9.24. The third-order valence-corrected chi connectivity index (χ3v) is 12.4. The number of nitrogens with one attached hydrogen (secondary N) is 3. The van der Waals surface area contributed by atoms with Gasteiger partial charge in [-0.15, -0.1) is 0 Å². The SMILES string of the molecule is C[C@H]1C[C@H]2C(=O)O[C@@H](C)[C@H](NC(=O)[C@H](Cc3cc(F)cc(F)c3)NC(=O)Cc3ccc4ccn(C)c4c3)C(=O)N3CCC[C@H]3C(=O)N3CCCC[C@H]3C(=O)N[C@@H](C)C(=O)N2C1. The van der Waals surface area contributed by atoms with Crippen LogP contribution in [0.15, 0.2) is 48.7 Å². The van der Waals surface area contributed by atoms with Gasteiger partial charge >= 0.3 is 5.97 Å². The second-order valence-corrected chi connectivity index (χ2v) is 17.0. The molecule has 0 radical (unpaired) electrons.